The van der Waals surface area contributed by atoms with Crippen LogP contribution >= 0.6 is 11.3 Å². The summed E-state index contributed by atoms with van der Waals surface area (Å²) in [5.41, 5.74) is 8.33. The molecule has 130 valence electrons. The van der Waals surface area contributed by atoms with Gasteiger partial charge in [0, 0.05) is 37.0 Å². The van der Waals surface area contributed by atoms with Gasteiger partial charge in [-0.25, -0.2) is 4.98 Å². The molecule has 25 heavy (non-hydrogen) atoms. The summed E-state index contributed by atoms with van der Waals surface area (Å²) in [5, 5.41) is 3.42. The zero-order chi connectivity index (χ0) is 17.8. The van der Waals surface area contributed by atoms with Crippen molar-refractivity contribution in [3.63, 3.8) is 0 Å². The summed E-state index contributed by atoms with van der Waals surface area (Å²) in [6.07, 6.45) is 2.75. The number of carbonyl (C=O) groups excluding carboxylic acids is 1. The number of ether oxygens (including phenoxy) is 1. The van der Waals surface area contributed by atoms with E-state index in [-0.39, 0.29) is 5.91 Å². The molecule has 1 amide bonds. The molecule has 2 N–H and O–H groups in total. The van der Waals surface area contributed by atoms with Crippen molar-refractivity contribution in [3.8, 4) is 5.75 Å². The van der Waals surface area contributed by atoms with E-state index in [1.807, 2.05) is 36.7 Å². The molecule has 0 spiro atoms. The quantitative estimate of drug-likeness (QED) is 0.734. The Bertz CT molecular complexity index is 894. The summed E-state index contributed by atoms with van der Waals surface area (Å²) in [6, 6.07) is 7.76. The van der Waals surface area contributed by atoms with Crippen LogP contribution in [0.5, 0.6) is 5.75 Å². The van der Waals surface area contributed by atoms with Crippen LogP contribution in [0.15, 0.2) is 35.8 Å². The first-order chi connectivity index (χ1) is 12.1. The number of pyridine rings is 1. The van der Waals surface area contributed by atoms with Crippen LogP contribution in [0.25, 0.3) is 10.9 Å². The number of methoxy groups -OCH3 is 1. The average molecular weight is 356 g/mol. The van der Waals surface area contributed by atoms with Crippen molar-refractivity contribution in [3.05, 3.63) is 47.1 Å². The van der Waals surface area contributed by atoms with E-state index in [1.54, 1.807) is 18.2 Å². The van der Waals surface area contributed by atoms with Gasteiger partial charge in [0.2, 0.25) is 5.91 Å². The number of amides is 1. The lowest BCUT2D eigenvalue weighted by molar-refractivity contribution is -0.130. The first kappa shape index (κ1) is 17.2. The first-order valence-corrected chi connectivity index (χ1v) is 8.81. The second-order valence-electron chi connectivity index (χ2n) is 5.75. The number of rotatable bonds is 6. The van der Waals surface area contributed by atoms with E-state index in [0.29, 0.717) is 24.5 Å². The fourth-order valence-electron chi connectivity index (χ4n) is 2.72. The van der Waals surface area contributed by atoms with E-state index >= 15 is 0 Å². The molecule has 2 aromatic heterocycles. The van der Waals surface area contributed by atoms with Crippen LogP contribution in [0.1, 0.15) is 17.7 Å². The highest BCUT2D eigenvalue weighted by atomic mass is 32.1. The van der Waals surface area contributed by atoms with Crippen molar-refractivity contribution in [1.82, 2.24) is 14.9 Å². The summed E-state index contributed by atoms with van der Waals surface area (Å²) >= 11 is 1.39. The minimum Gasteiger partial charge on any atom is -0.494 e. The van der Waals surface area contributed by atoms with Crippen molar-refractivity contribution in [2.75, 3.05) is 19.9 Å². The molecule has 0 aliphatic carbocycles. The number of aromatic nitrogens is 2. The summed E-state index contributed by atoms with van der Waals surface area (Å²) in [7, 11) is 3.44. The Balaban J connectivity index is 1.71. The Kier molecular flexibility index (Phi) is 5.14. The summed E-state index contributed by atoms with van der Waals surface area (Å²) in [6.45, 7) is 0.518. The van der Waals surface area contributed by atoms with Gasteiger partial charge in [0.1, 0.15) is 11.3 Å². The maximum absolute atomic E-state index is 12.4. The second kappa shape index (κ2) is 7.48. The lowest BCUT2D eigenvalue weighted by Gasteiger charge is -2.19. The van der Waals surface area contributed by atoms with Crippen LogP contribution in [-0.4, -0.2) is 34.9 Å². The van der Waals surface area contributed by atoms with Crippen LogP contribution in [-0.2, 0) is 17.8 Å². The average Bonchev–Trinajstić information content (AvgIpc) is 3.05. The number of hydrogen-bond donors (Lipinski definition) is 1. The third-order valence-corrected chi connectivity index (χ3v) is 4.76. The van der Waals surface area contributed by atoms with Crippen molar-refractivity contribution in [1.29, 1.82) is 0 Å². The predicted octanol–water partition coefficient (Wildman–Crippen LogP) is 2.87. The molecule has 0 saturated heterocycles. The zero-order valence-electron chi connectivity index (χ0n) is 14.2. The number of nitrogens with two attached hydrogens (primary N) is 1. The number of anilines is 1. The lowest BCUT2D eigenvalue weighted by atomic mass is 10.1. The molecule has 0 fully saturated rings. The number of thiazole rings is 1. The van der Waals surface area contributed by atoms with Crippen LogP contribution in [0.4, 0.5) is 5.13 Å². The second-order valence-corrected chi connectivity index (χ2v) is 6.64. The minimum absolute atomic E-state index is 0.0689. The molecule has 0 saturated carbocycles. The molecule has 0 aliphatic heterocycles. The van der Waals surface area contributed by atoms with Gasteiger partial charge in [-0.2, -0.15) is 0 Å². The van der Waals surface area contributed by atoms with Crippen molar-refractivity contribution in [2.45, 2.75) is 19.4 Å². The lowest BCUT2D eigenvalue weighted by Crippen LogP contribution is -2.26. The van der Waals surface area contributed by atoms with Gasteiger partial charge in [-0.3, -0.25) is 9.78 Å². The number of benzene rings is 1. The third kappa shape index (κ3) is 3.88. The third-order valence-electron chi connectivity index (χ3n) is 4.04. The maximum Gasteiger partial charge on any atom is 0.223 e. The summed E-state index contributed by atoms with van der Waals surface area (Å²) < 4.78 is 5.37. The van der Waals surface area contributed by atoms with Crippen LogP contribution in [0.3, 0.4) is 0 Å². The molecular formula is C18H20N4O2S. The largest absolute Gasteiger partial charge is 0.494 e. The van der Waals surface area contributed by atoms with E-state index in [0.717, 1.165) is 27.9 Å². The highest BCUT2D eigenvalue weighted by molar-refractivity contribution is 7.13. The van der Waals surface area contributed by atoms with E-state index in [2.05, 4.69) is 9.97 Å². The molecule has 0 atom stereocenters. The topological polar surface area (TPSA) is 81.3 Å². The zero-order valence-corrected chi connectivity index (χ0v) is 15.0. The van der Waals surface area contributed by atoms with Gasteiger partial charge < -0.3 is 15.4 Å². The standard InChI is InChI=1S/C18H20N4O2S/c1-22(16(23)8-6-13-11-25-18(19)21-13)10-12-5-7-15(24-2)17-14(12)4-3-9-20-17/h3-5,7,9,11H,6,8,10H2,1-2H3,(H2,19,21). The van der Waals surface area contributed by atoms with Gasteiger partial charge in [-0.05, 0) is 24.1 Å². The van der Waals surface area contributed by atoms with Gasteiger partial charge in [-0.15, -0.1) is 11.3 Å². The Morgan fingerprint density at radius 3 is 2.92 bits per heavy atom. The Morgan fingerprint density at radius 1 is 1.36 bits per heavy atom. The number of aryl methyl sites for hydroxylation is 1. The monoisotopic (exact) mass is 356 g/mol. The normalized spacial score (nSPS) is 10.8. The van der Waals surface area contributed by atoms with E-state index in [4.69, 9.17) is 10.5 Å². The van der Waals surface area contributed by atoms with Gasteiger partial charge in [0.25, 0.3) is 0 Å². The fourth-order valence-corrected chi connectivity index (χ4v) is 3.31. The first-order valence-electron chi connectivity index (χ1n) is 7.93. The molecule has 0 bridgehead atoms. The molecule has 0 unspecified atom stereocenters. The number of carbonyl (C=O) groups is 1. The van der Waals surface area contributed by atoms with Gasteiger partial charge in [0.15, 0.2) is 5.13 Å². The summed E-state index contributed by atoms with van der Waals surface area (Å²) in [5.74, 6) is 0.800. The van der Waals surface area contributed by atoms with E-state index in [1.165, 1.54) is 11.3 Å². The molecule has 3 aromatic rings. The predicted molar refractivity (Wildman–Crippen MR) is 99.6 cm³/mol. The Morgan fingerprint density at radius 2 is 2.20 bits per heavy atom. The summed E-state index contributed by atoms with van der Waals surface area (Å²) in [4.78, 5) is 22.7. The number of fused-ring (bicyclic) bond motifs is 1. The van der Waals surface area contributed by atoms with E-state index in [9.17, 15) is 4.79 Å². The Hall–Kier alpha value is -2.67. The molecule has 0 radical (unpaired) electrons. The van der Waals surface area contributed by atoms with Gasteiger partial charge >= 0.3 is 0 Å². The van der Waals surface area contributed by atoms with Gasteiger partial charge in [-0.1, -0.05) is 12.1 Å². The molecule has 7 heteroatoms. The van der Waals surface area contributed by atoms with Crippen molar-refractivity contribution >= 4 is 33.3 Å². The SMILES string of the molecule is COc1ccc(CN(C)C(=O)CCc2csc(N)n2)c2cccnc12. The number of nitrogens with zero attached hydrogens (tertiary/aromatic N) is 3. The molecule has 0 aliphatic rings. The molecular weight excluding hydrogens is 336 g/mol. The molecule has 3 rings (SSSR count). The smallest absolute Gasteiger partial charge is 0.223 e. The van der Waals surface area contributed by atoms with E-state index < -0.39 is 0 Å². The van der Waals surface area contributed by atoms with Crippen LogP contribution < -0.4 is 10.5 Å². The number of hydrogen-bond acceptors (Lipinski definition) is 6. The van der Waals surface area contributed by atoms with Gasteiger partial charge in [0.05, 0.1) is 12.8 Å². The van der Waals surface area contributed by atoms with Crippen molar-refractivity contribution in [2.24, 2.45) is 0 Å². The molecule has 6 nitrogen and oxygen atoms in total. The molecule has 2 heterocycles. The minimum atomic E-state index is 0.0689. The Labute approximate surface area is 150 Å². The van der Waals surface area contributed by atoms with Crippen LogP contribution in [0, 0.1) is 0 Å². The maximum atomic E-state index is 12.4. The van der Waals surface area contributed by atoms with Crippen molar-refractivity contribution < 1.29 is 9.53 Å². The molecule has 1 aromatic carbocycles. The number of nitrogen functional groups attached to an aromatic ring is 1. The highest BCUT2D eigenvalue weighted by Crippen LogP contribution is 2.27. The fraction of sp³-hybridized carbons (Fsp3) is 0.278. The highest BCUT2D eigenvalue weighted by Gasteiger charge is 2.14. The van der Waals surface area contributed by atoms with Crippen LogP contribution in [0.2, 0.25) is 0 Å².